The highest BCUT2D eigenvalue weighted by molar-refractivity contribution is 5.95. The number of pyridine rings is 1. The van der Waals surface area contributed by atoms with E-state index in [4.69, 9.17) is 20.9 Å². The van der Waals surface area contributed by atoms with Crippen molar-refractivity contribution in [3.63, 3.8) is 0 Å². The predicted molar refractivity (Wildman–Crippen MR) is 70.2 cm³/mol. The van der Waals surface area contributed by atoms with Gasteiger partial charge in [-0.3, -0.25) is 4.79 Å². The Morgan fingerprint density at radius 1 is 1.32 bits per heavy atom. The van der Waals surface area contributed by atoms with E-state index in [1.54, 1.807) is 12.1 Å². The van der Waals surface area contributed by atoms with Crippen LogP contribution < -0.4 is 20.9 Å². The molecular formula is C13H19N3O3. The Morgan fingerprint density at radius 2 is 2.00 bits per heavy atom. The van der Waals surface area contributed by atoms with Crippen molar-refractivity contribution < 1.29 is 14.3 Å². The quantitative estimate of drug-likeness (QED) is 0.840. The highest BCUT2D eigenvalue weighted by Crippen LogP contribution is 2.24. The zero-order valence-corrected chi connectivity index (χ0v) is 11.0. The van der Waals surface area contributed by atoms with Crippen molar-refractivity contribution in [2.75, 3.05) is 7.11 Å². The Morgan fingerprint density at radius 3 is 2.58 bits per heavy atom. The van der Waals surface area contributed by atoms with Crippen molar-refractivity contribution in [1.82, 2.24) is 4.98 Å². The van der Waals surface area contributed by atoms with Gasteiger partial charge in [-0.25, -0.2) is 0 Å². The molecule has 1 fully saturated rings. The Labute approximate surface area is 112 Å². The van der Waals surface area contributed by atoms with E-state index >= 15 is 0 Å². The number of aromatic nitrogens is 1. The summed E-state index contributed by atoms with van der Waals surface area (Å²) in [6, 6.07) is 3.48. The molecule has 1 aromatic rings. The molecule has 0 aliphatic heterocycles. The van der Waals surface area contributed by atoms with Crippen LogP contribution in [0.4, 0.5) is 0 Å². The molecule has 1 aliphatic rings. The van der Waals surface area contributed by atoms with Crippen molar-refractivity contribution in [2.24, 2.45) is 11.5 Å². The molecule has 1 saturated carbocycles. The lowest BCUT2D eigenvalue weighted by Crippen LogP contribution is -2.31. The highest BCUT2D eigenvalue weighted by Gasteiger charge is 2.21. The zero-order chi connectivity index (χ0) is 13.8. The van der Waals surface area contributed by atoms with Gasteiger partial charge in [-0.15, -0.1) is 0 Å². The molecule has 0 aromatic carbocycles. The van der Waals surface area contributed by atoms with Gasteiger partial charge in [0.25, 0.3) is 5.91 Å². The molecule has 0 spiro atoms. The molecule has 1 aromatic heterocycles. The van der Waals surface area contributed by atoms with Crippen molar-refractivity contribution in [3.05, 3.63) is 17.7 Å². The molecule has 0 unspecified atom stereocenters. The number of methoxy groups -OCH3 is 1. The number of hydrogen-bond donors (Lipinski definition) is 2. The topological polar surface area (TPSA) is 100 Å². The predicted octanol–water partition coefficient (Wildman–Crippen LogP) is 0.838. The summed E-state index contributed by atoms with van der Waals surface area (Å²) in [7, 11) is 1.44. The molecule has 104 valence electrons. The average Bonchev–Trinajstić information content (AvgIpc) is 2.41. The summed E-state index contributed by atoms with van der Waals surface area (Å²) in [6.45, 7) is 0. The van der Waals surface area contributed by atoms with E-state index in [0.29, 0.717) is 5.88 Å². The minimum atomic E-state index is -0.570. The first-order valence-electron chi connectivity index (χ1n) is 6.37. The molecule has 4 N–H and O–H groups in total. The Kier molecular flexibility index (Phi) is 4.21. The van der Waals surface area contributed by atoms with Gasteiger partial charge in [-0.1, -0.05) is 0 Å². The second kappa shape index (κ2) is 5.88. The molecule has 19 heavy (non-hydrogen) atoms. The summed E-state index contributed by atoms with van der Waals surface area (Å²) < 4.78 is 10.8. The Hall–Kier alpha value is -1.82. The van der Waals surface area contributed by atoms with Gasteiger partial charge in [-0.2, -0.15) is 4.98 Å². The standard InChI is InChI=1S/C13H19N3O3/c1-18-13-10(12(15)17)6-7-11(16-13)19-9-4-2-8(14)3-5-9/h6-9H,2-5,14H2,1H3,(H2,15,17)/t8-,9-. The number of primary amides is 1. The lowest BCUT2D eigenvalue weighted by Gasteiger charge is -2.26. The molecule has 0 saturated heterocycles. The third kappa shape index (κ3) is 3.35. The number of hydrogen-bond acceptors (Lipinski definition) is 5. The van der Waals surface area contributed by atoms with Crippen molar-refractivity contribution >= 4 is 5.91 Å². The van der Waals surface area contributed by atoms with Crippen LogP contribution in [0.1, 0.15) is 36.0 Å². The van der Waals surface area contributed by atoms with Crippen LogP contribution in [0, 0.1) is 0 Å². The number of nitrogens with zero attached hydrogens (tertiary/aromatic N) is 1. The zero-order valence-electron chi connectivity index (χ0n) is 11.0. The van der Waals surface area contributed by atoms with Crippen molar-refractivity contribution in [1.29, 1.82) is 0 Å². The summed E-state index contributed by atoms with van der Waals surface area (Å²) in [5.74, 6) is 0.0689. The molecule has 1 heterocycles. The maximum Gasteiger partial charge on any atom is 0.254 e. The molecule has 6 heteroatoms. The first-order chi connectivity index (χ1) is 9.10. The van der Waals surface area contributed by atoms with E-state index in [2.05, 4.69) is 4.98 Å². The van der Waals surface area contributed by atoms with Crippen molar-refractivity contribution in [3.8, 4) is 11.8 Å². The minimum absolute atomic E-state index is 0.122. The van der Waals surface area contributed by atoms with Crippen LogP contribution in [0.2, 0.25) is 0 Å². The fourth-order valence-corrected chi connectivity index (χ4v) is 2.21. The number of rotatable bonds is 4. The SMILES string of the molecule is COc1nc(O[C@H]2CC[C@H](N)CC2)ccc1C(N)=O. The van der Waals surface area contributed by atoms with Crippen LogP contribution >= 0.6 is 0 Å². The number of amides is 1. The molecule has 0 bridgehead atoms. The third-order valence-corrected chi connectivity index (χ3v) is 3.30. The van der Waals surface area contributed by atoms with Gasteiger partial charge in [0.2, 0.25) is 11.8 Å². The second-order valence-electron chi connectivity index (χ2n) is 4.73. The van der Waals surface area contributed by atoms with Gasteiger partial charge in [0.15, 0.2) is 0 Å². The molecule has 2 rings (SSSR count). The maximum absolute atomic E-state index is 11.2. The van der Waals surface area contributed by atoms with Gasteiger partial charge in [0.05, 0.1) is 7.11 Å². The summed E-state index contributed by atoms with van der Waals surface area (Å²) in [6.07, 6.45) is 3.88. The summed E-state index contributed by atoms with van der Waals surface area (Å²) >= 11 is 0. The van der Waals surface area contributed by atoms with Crippen LogP contribution in [-0.4, -0.2) is 30.1 Å². The third-order valence-electron chi connectivity index (χ3n) is 3.30. The van der Waals surface area contributed by atoms with Crippen LogP contribution in [-0.2, 0) is 0 Å². The molecule has 6 nitrogen and oxygen atoms in total. The lowest BCUT2D eigenvalue weighted by atomic mass is 9.94. The average molecular weight is 265 g/mol. The molecular weight excluding hydrogens is 246 g/mol. The van der Waals surface area contributed by atoms with E-state index in [9.17, 15) is 4.79 Å². The van der Waals surface area contributed by atoms with E-state index < -0.39 is 5.91 Å². The molecule has 0 atom stereocenters. The summed E-state index contributed by atoms with van der Waals surface area (Å²) in [5, 5.41) is 0. The minimum Gasteiger partial charge on any atom is -0.480 e. The number of nitrogens with two attached hydrogens (primary N) is 2. The summed E-state index contributed by atoms with van der Waals surface area (Å²) in [4.78, 5) is 15.3. The van der Waals surface area contributed by atoms with Gasteiger partial charge in [0.1, 0.15) is 11.7 Å². The number of ether oxygens (including phenoxy) is 2. The fraction of sp³-hybridized carbons (Fsp3) is 0.538. The first kappa shape index (κ1) is 13.6. The van der Waals surface area contributed by atoms with Gasteiger partial charge in [0, 0.05) is 12.1 Å². The lowest BCUT2D eigenvalue weighted by molar-refractivity contribution is 0.0996. The first-order valence-corrected chi connectivity index (χ1v) is 6.37. The van der Waals surface area contributed by atoms with E-state index in [0.717, 1.165) is 25.7 Å². The number of carbonyl (C=O) groups excluding carboxylic acids is 1. The van der Waals surface area contributed by atoms with Gasteiger partial charge in [-0.05, 0) is 31.7 Å². The van der Waals surface area contributed by atoms with Gasteiger partial charge >= 0.3 is 0 Å². The van der Waals surface area contributed by atoms with E-state index in [1.807, 2.05) is 0 Å². The van der Waals surface area contributed by atoms with Crippen LogP contribution in [0.3, 0.4) is 0 Å². The Bertz CT molecular complexity index is 456. The fourth-order valence-electron chi connectivity index (χ4n) is 2.21. The highest BCUT2D eigenvalue weighted by atomic mass is 16.5. The van der Waals surface area contributed by atoms with Crippen LogP contribution in [0.25, 0.3) is 0 Å². The van der Waals surface area contributed by atoms with E-state index in [-0.39, 0.29) is 23.6 Å². The Balaban J connectivity index is 2.07. The van der Waals surface area contributed by atoms with Gasteiger partial charge < -0.3 is 20.9 Å². The number of carbonyl (C=O) groups is 1. The smallest absolute Gasteiger partial charge is 0.254 e. The second-order valence-corrected chi connectivity index (χ2v) is 4.73. The normalized spacial score (nSPS) is 22.8. The van der Waals surface area contributed by atoms with Crippen LogP contribution in [0.15, 0.2) is 12.1 Å². The molecule has 1 aliphatic carbocycles. The maximum atomic E-state index is 11.2. The van der Waals surface area contributed by atoms with Crippen molar-refractivity contribution in [2.45, 2.75) is 37.8 Å². The molecule has 0 radical (unpaired) electrons. The monoisotopic (exact) mass is 265 g/mol. The summed E-state index contributed by atoms with van der Waals surface area (Å²) in [5.41, 5.74) is 11.3. The van der Waals surface area contributed by atoms with Crippen LogP contribution in [0.5, 0.6) is 11.8 Å². The van der Waals surface area contributed by atoms with E-state index in [1.165, 1.54) is 7.11 Å². The largest absolute Gasteiger partial charge is 0.480 e. The molecule has 1 amide bonds.